The summed E-state index contributed by atoms with van der Waals surface area (Å²) in [6, 6.07) is 11.0. The van der Waals surface area contributed by atoms with Crippen LogP contribution in [0.3, 0.4) is 0 Å². The maximum absolute atomic E-state index is 12.9. The number of hydrogen-bond acceptors (Lipinski definition) is 6. The summed E-state index contributed by atoms with van der Waals surface area (Å²) < 4.78 is 40.2. The van der Waals surface area contributed by atoms with Gasteiger partial charge in [-0.25, -0.2) is 13.2 Å². The number of ether oxygens (including phenoxy) is 2. The minimum Gasteiger partial charge on any atom is -0.481 e. The summed E-state index contributed by atoms with van der Waals surface area (Å²) in [7, 11) is -4.17. The van der Waals surface area contributed by atoms with E-state index in [1.165, 1.54) is 35.0 Å². The Morgan fingerprint density at radius 2 is 1.78 bits per heavy atom. The molecule has 0 aliphatic carbocycles. The zero-order valence-corrected chi connectivity index (χ0v) is 21.3. The van der Waals surface area contributed by atoms with E-state index >= 15 is 0 Å². The molecule has 3 rings (SSSR count). The molecule has 1 aromatic heterocycles. The van der Waals surface area contributed by atoms with Crippen LogP contribution in [-0.2, 0) is 26.0 Å². The first-order valence-electron chi connectivity index (χ1n) is 11.1. The number of aliphatic carboxylic acids is 1. The molecular weight excluding hydrogens is 484 g/mol. The largest absolute Gasteiger partial charge is 0.481 e. The number of nitrogens with zero attached hydrogens (tertiary/aromatic N) is 1. The van der Waals surface area contributed by atoms with Gasteiger partial charge in [0.25, 0.3) is 0 Å². The van der Waals surface area contributed by atoms with Crippen molar-refractivity contribution in [3.63, 3.8) is 0 Å². The highest BCUT2D eigenvalue weighted by Gasteiger charge is 2.28. The van der Waals surface area contributed by atoms with E-state index in [0.29, 0.717) is 22.2 Å². The fourth-order valence-corrected chi connectivity index (χ4v) is 4.63. The lowest BCUT2D eigenvalue weighted by Crippen LogP contribution is -2.42. The Bertz CT molecular complexity index is 1420. The average molecular weight is 513 g/mol. The monoisotopic (exact) mass is 512 g/mol. The number of rotatable bonds is 8. The molecule has 0 aliphatic heterocycles. The molecule has 0 aliphatic rings. The lowest BCUT2D eigenvalue weighted by molar-refractivity contribution is -0.138. The molecule has 0 saturated carbocycles. The zero-order chi connectivity index (χ0) is 26.5. The fourth-order valence-electron chi connectivity index (χ4n) is 3.44. The predicted molar refractivity (Wildman–Crippen MR) is 134 cm³/mol. The molecule has 190 valence electrons. The first-order valence-corrected chi connectivity index (χ1v) is 12.6. The van der Waals surface area contributed by atoms with Gasteiger partial charge < -0.3 is 14.6 Å². The van der Waals surface area contributed by atoms with Gasteiger partial charge in [0, 0.05) is 18.0 Å². The quantitative estimate of drug-likeness (QED) is 0.440. The third-order valence-corrected chi connectivity index (χ3v) is 6.51. The standard InChI is InChI=1S/C26H28N2O7S/c1-5-6-15-34-19-11-13-20(14-12-19)36(32,33)27-22(24(29)30)16-18-17-28(25(31)35-26(2,3)4)23-10-8-7-9-21(18)23/h7-14,17,22,27H,15-16H2,1-4H3,(H,29,30)/t22-/m0/s1. The number of benzene rings is 2. The SMILES string of the molecule is CC#CCOc1ccc(S(=O)(=O)N[C@@H](Cc2cn(C(=O)OC(C)(C)C)c3ccccc23)C(=O)O)cc1. The molecule has 0 amide bonds. The molecule has 0 unspecified atom stereocenters. The van der Waals surface area contributed by atoms with Crippen molar-refractivity contribution in [3.8, 4) is 17.6 Å². The number of hydrogen-bond donors (Lipinski definition) is 2. The summed E-state index contributed by atoms with van der Waals surface area (Å²) in [5.41, 5.74) is 0.274. The number of carboxylic acids is 1. The Kier molecular flexibility index (Phi) is 8.07. The van der Waals surface area contributed by atoms with Crippen LogP contribution in [0.5, 0.6) is 5.75 Å². The van der Waals surface area contributed by atoms with Gasteiger partial charge in [0.2, 0.25) is 10.0 Å². The van der Waals surface area contributed by atoms with Gasteiger partial charge in [-0.1, -0.05) is 24.1 Å². The molecule has 0 radical (unpaired) electrons. The zero-order valence-electron chi connectivity index (χ0n) is 20.4. The Morgan fingerprint density at radius 3 is 2.39 bits per heavy atom. The molecule has 3 aromatic rings. The number of fused-ring (bicyclic) bond motifs is 1. The van der Waals surface area contributed by atoms with Crippen molar-refractivity contribution in [2.24, 2.45) is 0 Å². The van der Waals surface area contributed by atoms with Gasteiger partial charge in [-0.3, -0.25) is 9.36 Å². The van der Waals surface area contributed by atoms with Gasteiger partial charge in [0.05, 0.1) is 10.4 Å². The van der Waals surface area contributed by atoms with Crippen molar-refractivity contribution in [3.05, 3.63) is 60.3 Å². The third kappa shape index (κ3) is 6.65. The Morgan fingerprint density at radius 1 is 1.11 bits per heavy atom. The number of para-hydroxylation sites is 1. The number of carbonyl (C=O) groups is 2. The molecule has 36 heavy (non-hydrogen) atoms. The first-order chi connectivity index (χ1) is 16.9. The number of carboxylic acid groups (broad SMARTS) is 1. The normalized spacial score (nSPS) is 12.4. The van der Waals surface area contributed by atoms with Crippen molar-refractivity contribution >= 4 is 33.0 Å². The second-order valence-corrected chi connectivity index (χ2v) is 10.6. The van der Waals surface area contributed by atoms with E-state index in [4.69, 9.17) is 9.47 Å². The second kappa shape index (κ2) is 10.8. The van der Waals surface area contributed by atoms with E-state index in [0.717, 1.165) is 0 Å². The van der Waals surface area contributed by atoms with Gasteiger partial charge >= 0.3 is 12.1 Å². The second-order valence-electron chi connectivity index (χ2n) is 8.92. The predicted octanol–water partition coefficient (Wildman–Crippen LogP) is 3.80. The Balaban J connectivity index is 1.86. The molecule has 1 atom stereocenters. The molecule has 2 N–H and O–H groups in total. The molecule has 0 bridgehead atoms. The maximum atomic E-state index is 12.9. The fraction of sp³-hybridized carbons (Fsp3) is 0.308. The topological polar surface area (TPSA) is 124 Å². The summed E-state index contributed by atoms with van der Waals surface area (Å²) in [5.74, 6) is 4.50. The van der Waals surface area contributed by atoms with E-state index in [2.05, 4.69) is 16.6 Å². The van der Waals surface area contributed by atoms with Gasteiger partial charge in [-0.15, -0.1) is 5.92 Å². The van der Waals surface area contributed by atoms with Gasteiger partial charge in [-0.2, -0.15) is 4.72 Å². The van der Waals surface area contributed by atoms with Crippen molar-refractivity contribution in [1.29, 1.82) is 0 Å². The minimum absolute atomic E-state index is 0.112. The molecule has 1 heterocycles. The van der Waals surface area contributed by atoms with Crippen LogP contribution in [-0.4, -0.2) is 48.4 Å². The molecule has 2 aromatic carbocycles. The molecule has 0 spiro atoms. The van der Waals surface area contributed by atoms with E-state index in [9.17, 15) is 23.1 Å². The van der Waals surface area contributed by atoms with Crippen LogP contribution in [0.2, 0.25) is 0 Å². The lowest BCUT2D eigenvalue weighted by atomic mass is 10.1. The van der Waals surface area contributed by atoms with Crippen molar-refractivity contribution in [1.82, 2.24) is 9.29 Å². The van der Waals surface area contributed by atoms with Crippen LogP contribution in [0.25, 0.3) is 10.9 Å². The third-order valence-electron chi connectivity index (χ3n) is 5.03. The van der Waals surface area contributed by atoms with Crippen LogP contribution >= 0.6 is 0 Å². The van der Waals surface area contributed by atoms with Crippen molar-refractivity contribution in [2.75, 3.05) is 6.61 Å². The van der Waals surface area contributed by atoms with E-state index in [1.54, 1.807) is 52.0 Å². The van der Waals surface area contributed by atoms with Crippen LogP contribution < -0.4 is 9.46 Å². The highest BCUT2D eigenvalue weighted by molar-refractivity contribution is 7.89. The minimum atomic E-state index is -4.17. The Hall–Kier alpha value is -3.81. The molecule has 0 fully saturated rings. The highest BCUT2D eigenvalue weighted by Crippen LogP contribution is 2.25. The van der Waals surface area contributed by atoms with E-state index in [-0.39, 0.29) is 17.9 Å². The lowest BCUT2D eigenvalue weighted by Gasteiger charge is -2.19. The summed E-state index contributed by atoms with van der Waals surface area (Å²) in [6.45, 7) is 7.07. The first kappa shape index (κ1) is 26.8. The maximum Gasteiger partial charge on any atom is 0.419 e. The molecule has 10 heteroatoms. The molecule has 0 saturated heterocycles. The number of sulfonamides is 1. The van der Waals surface area contributed by atoms with Gasteiger partial charge in [0.1, 0.15) is 24.0 Å². The molecular formula is C26H28N2O7S. The van der Waals surface area contributed by atoms with E-state index in [1.807, 2.05) is 0 Å². The van der Waals surface area contributed by atoms with Crippen LogP contribution in [0.15, 0.2) is 59.6 Å². The smallest absolute Gasteiger partial charge is 0.419 e. The van der Waals surface area contributed by atoms with Crippen molar-refractivity contribution < 1.29 is 32.6 Å². The summed E-state index contributed by atoms with van der Waals surface area (Å²) in [6.07, 6.45) is 0.667. The average Bonchev–Trinajstić information content (AvgIpc) is 3.17. The van der Waals surface area contributed by atoms with Gasteiger partial charge in [0.15, 0.2) is 0 Å². The molecule has 9 nitrogen and oxygen atoms in total. The number of carbonyl (C=O) groups excluding carboxylic acids is 1. The number of nitrogens with one attached hydrogen (secondary N) is 1. The van der Waals surface area contributed by atoms with Crippen molar-refractivity contribution in [2.45, 2.75) is 50.7 Å². The highest BCUT2D eigenvalue weighted by atomic mass is 32.2. The van der Waals surface area contributed by atoms with E-state index < -0.39 is 33.7 Å². The summed E-state index contributed by atoms with van der Waals surface area (Å²) in [5, 5.41) is 10.4. The Labute approximate surface area is 210 Å². The summed E-state index contributed by atoms with van der Waals surface area (Å²) >= 11 is 0. The van der Waals surface area contributed by atoms with Crippen LogP contribution in [0.1, 0.15) is 33.3 Å². The summed E-state index contributed by atoms with van der Waals surface area (Å²) in [4.78, 5) is 24.6. The van der Waals surface area contributed by atoms with Crippen LogP contribution in [0, 0.1) is 11.8 Å². The number of aromatic nitrogens is 1. The van der Waals surface area contributed by atoms with Gasteiger partial charge in [-0.05, 0) is 63.6 Å². The van der Waals surface area contributed by atoms with Crippen LogP contribution in [0.4, 0.5) is 4.79 Å².